The van der Waals surface area contributed by atoms with Crippen LogP contribution in [-0.2, 0) is 14.6 Å². The van der Waals surface area contributed by atoms with Gasteiger partial charge in [-0.3, -0.25) is 4.79 Å². The van der Waals surface area contributed by atoms with Crippen molar-refractivity contribution < 1.29 is 18.3 Å². The second-order valence-electron chi connectivity index (χ2n) is 3.57. The summed E-state index contributed by atoms with van der Waals surface area (Å²) in [6.45, 7) is 3.58. The minimum Gasteiger partial charge on any atom is -0.480 e. The molecule has 0 heterocycles. The molecule has 1 N–H and O–H groups in total. The molecule has 84 valence electrons. The van der Waals surface area contributed by atoms with Gasteiger partial charge in [-0.25, -0.2) is 8.42 Å². The summed E-state index contributed by atoms with van der Waals surface area (Å²) in [4.78, 5) is 11.1. The minimum atomic E-state index is -3.55. The van der Waals surface area contributed by atoms with Crippen LogP contribution in [0.5, 0.6) is 0 Å². The van der Waals surface area contributed by atoms with Crippen LogP contribution >= 0.6 is 0 Å². The fraction of sp³-hybridized carbons (Fsp3) is 0.889. The Kier molecular flexibility index (Phi) is 4.58. The highest BCUT2D eigenvalue weighted by atomic mass is 32.2. The molecule has 0 saturated carbocycles. The van der Waals surface area contributed by atoms with E-state index in [-0.39, 0.29) is 12.8 Å². The SMILES string of the molecule is CCCC(CCC)(C(=O)O)S(C)(=O)=O. The number of carboxylic acids is 1. The second kappa shape index (κ2) is 4.77. The quantitative estimate of drug-likeness (QED) is 0.738. The molecule has 0 fully saturated rings. The maximum atomic E-state index is 11.5. The van der Waals surface area contributed by atoms with E-state index in [0.29, 0.717) is 12.8 Å². The number of hydrogen-bond donors (Lipinski definition) is 1. The zero-order chi connectivity index (χ0) is 11.4. The Labute approximate surface area is 85.2 Å². The van der Waals surface area contributed by atoms with Crippen molar-refractivity contribution in [3.05, 3.63) is 0 Å². The average Bonchev–Trinajstić information content (AvgIpc) is 2.01. The molecule has 0 amide bonds. The molecule has 0 radical (unpaired) electrons. The Hall–Kier alpha value is -0.580. The Balaban J connectivity index is 5.27. The molecule has 14 heavy (non-hydrogen) atoms. The van der Waals surface area contributed by atoms with Crippen molar-refractivity contribution in [1.82, 2.24) is 0 Å². The van der Waals surface area contributed by atoms with E-state index in [1.165, 1.54) is 0 Å². The molecule has 0 atom stereocenters. The van der Waals surface area contributed by atoms with Crippen molar-refractivity contribution in [3.8, 4) is 0 Å². The van der Waals surface area contributed by atoms with Crippen molar-refractivity contribution in [2.75, 3.05) is 6.26 Å². The smallest absolute Gasteiger partial charge is 0.325 e. The van der Waals surface area contributed by atoms with Crippen LogP contribution in [0.4, 0.5) is 0 Å². The number of hydrogen-bond acceptors (Lipinski definition) is 3. The van der Waals surface area contributed by atoms with E-state index in [1.807, 2.05) is 0 Å². The molecule has 0 saturated heterocycles. The van der Waals surface area contributed by atoms with Gasteiger partial charge in [0, 0.05) is 6.26 Å². The van der Waals surface area contributed by atoms with Crippen molar-refractivity contribution in [2.24, 2.45) is 0 Å². The molecule has 0 aliphatic rings. The molecule has 0 unspecified atom stereocenters. The lowest BCUT2D eigenvalue weighted by atomic mass is 9.97. The zero-order valence-corrected chi connectivity index (χ0v) is 9.73. The van der Waals surface area contributed by atoms with Gasteiger partial charge in [-0.05, 0) is 12.8 Å². The highest BCUT2D eigenvalue weighted by molar-refractivity contribution is 7.92. The van der Waals surface area contributed by atoms with E-state index < -0.39 is 20.6 Å². The lowest BCUT2D eigenvalue weighted by Gasteiger charge is -2.26. The Morgan fingerprint density at radius 2 is 1.57 bits per heavy atom. The maximum absolute atomic E-state index is 11.5. The first-order valence-corrected chi connectivity index (χ1v) is 6.64. The predicted octanol–water partition coefficient (Wildman–Crippen LogP) is 1.45. The summed E-state index contributed by atoms with van der Waals surface area (Å²) in [6.07, 6.45) is 2.50. The van der Waals surface area contributed by atoms with Crippen LogP contribution in [0.3, 0.4) is 0 Å². The summed E-state index contributed by atoms with van der Waals surface area (Å²) in [5.74, 6) is -1.22. The second-order valence-corrected chi connectivity index (χ2v) is 5.90. The molecule has 0 aliphatic heterocycles. The third kappa shape index (κ3) is 2.47. The van der Waals surface area contributed by atoms with Gasteiger partial charge in [-0.1, -0.05) is 26.7 Å². The van der Waals surface area contributed by atoms with Crippen LogP contribution < -0.4 is 0 Å². The van der Waals surface area contributed by atoms with Crippen LogP contribution in [0, 0.1) is 0 Å². The van der Waals surface area contributed by atoms with Crippen LogP contribution in [0.15, 0.2) is 0 Å². The Morgan fingerprint density at radius 3 is 1.71 bits per heavy atom. The summed E-state index contributed by atoms with van der Waals surface area (Å²) >= 11 is 0. The Morgan fingerprint density at radius 1 is 1.21 bits per heavy atom. The molecule has 0 aromatic heterocycles. The largest absolute Gasteiger partial charge is 0.480 e. The van der Waals surface area contributed by atoms with E-state index in [2.05, 4.69) is 0 Å². The highest BCUT2D eigenvalue weighted by Crippen LogP contribution is 2.28. The molecule has 0 spiro atoms. The molecule has 0 rings (SSSR count). The van der Waals surface area contributed by atoms with Crippen molar-refractivity contribution >= 4 is 15.8 Å². The van der Waals surface area contributed by atoms with Gasteiger partial charge in [0.05, 0.1) is 0 Å². The fourth-order valence-electron chi connectivity index (χ4n) is 1.68. The number of aliphatic carboxylic acids is 1. The summed E-state index contributed by atoms with van der Waals surface area (Å²) in [7, 11) is -3.55. The lowest BCUT2D eigenvalue weighted by molar-refractivity contribution is -0.140. The number of carboxylic acid groups (broad SMARTS) is 1. The van der Waals surface area contributed by atoms with Gasteiger partial charge in [0.25, 0.3) is 0 Å². The van der Waals surface area contributed by atoms with E-state index >= 15 is 0 Å². The standard InChI is InChI=1S/C9H18O4S/c1-4-6-9(7-5-2,8(10)11)14(3,12)13/h4-7H2,1-3H3,(H,10,11). The number of rotatable bonds is 6. The van der Waals surface area contributed by atoms with Gasteiger partial charge in [0.1, 0.15) is 0 Å². The fourth-order valence-corrected chi connectivity index (χ4v) is 3.14. The zero-order valence-electron chi connectivity index (χ0n) is 8.91. The summed E-state index contributed by atoms with van der Waals surface area (Å²) < 4.78 is 21.4. The normalized spacial score (nSPS) is 12.8. The monoisotopic (exact) mass is 222 g/mol. The maximum Gasteiger partial charge on any atom is 0.325 e. The summed E-state index contributed by atoms with van der Waals surface area (Å²) in [5, 5.41) is 9.04. The van der Waals surface area contributed by atoms with Gasteiger partial charge in [-0.2, -0.15) is 0 Å². The third-order valence-corrected chi connectivity index (χ3v) is 4.41. The molecular weight excluding hydrogens is 204 g/mol. The first-order chi connectivity index (χ1) is 6.31. The molecular formula is C9H18O4S. The van der Waals surface area contributed by atoms with Crippen LogP contribution in [0.2, 0.25) is 0 Å². The van der Waals surface area contributed by atoms with Gasteiger partial charge in [0.2, 0.25) is 0 Å². The molecule has 0 bridgehead atoms. The number of carbonyl (C=O) groups is 1. The highest BCUT2D eigenvalue weighted by Gasteiger charge is 2.46. The third-order valence-electron chi connectivity index (χ3n) is 2.41. The minimum absolute atomic E-state index is 0.189. The van der Waals surface area contributed by atoms with Gasteiger partial charge >= 0.3 is 5.97 Å². The van der Waals surface area contributed by atoms with Crippen molar-refractivity contribution in [2.45, 2.75) is 44.3 Å². The van der Waals surface area contributed by atoms with Gasteiger partial charge in [-0.15, -0.1) is 0 Å². The molecule has 5 heteroatoms. The molecule has 0 aromatic carbocycles. The topological polar surface area (TPSA) is 71.4 Å². The van der Waals surface area contributed by atoms with Gasteiger partial charge < -0.3 is 5.11 Å². The molecule has 4 nitrogen and oxygen atoms in total. The lowest BCUT2D eigenvalue weighted by Crippen LogP contribution is -2.45. The van der Waals surface area contributed by atoms with Crippen LogP contribution in [-0.4, -0.2) is 30.5 Å². The first kappa shape index (κ1) is 13.4. The summed E-state index contributed by atoms with van der Waals surface area (Å²) in [5.41, 5.74) is 0. The predicted molar refractivity (Wildman–Crippen MR) is 55.0 cm³/mol. The Bertz CT molecular complexity index is 286. The van der Waals surface area contributed by atoms with Crippen molar-refractivity contribution in [1.29, 1.82) is 0 Å². The molecule has 0 aromatic rings. The molecule has 0 aliphatic carbocycles. The first-order valence-electron chi connectivity index (χ1n) is 4.74. The van der Waals surface area contributed by atoms with Crippen molar-refractivity contribution in [3.63, 3.8) is 0 Å². The average molecular weight is 222 g/mol. The van der Waals surface area contributed by atoms with E-state index in [4.69, 9.17) is 5.11 Å². The van der Waals surface area contributed by atoms with Crippen LogP contribution in [0.1, 0.15) is 39.5 Å². The van der Waals surface area contributed by atoms with E-state index in [0.717, 1.165) is 6.26 Å². The van der Waals surface area contributed by atoms with Crippen LogP contribution in [0.25, 0.3) is 0 Å². The summed E-state index contributed by atoms with van der Waals surface area (Å²) in [6, 6.07) is 0. The van der Waals surface area contributed by atoms with E-state index in [1.54, 1.807) is 13.8 Å². The van der Waals surface area contributed by atoms with E-state index in [9.17, 15) is 13.2 Å². The number of sulfone groups is 1. The van der Waals surface area contributed by atoms with Gasteiger partial charge in [0.15, 0.2) is 14.6 Å².